The van der Waals surface area contributed by atoms with Crippen molar-refractivity contribution in [3.05, 3.63) is 42.5 Å². The van der Waals surface area contributed by atoms with E-state index < -0.39 is 0 Å². The quantitative estimate of drug-likeness (QED) is 0.477. The monoisotopic (exact) mass is 358 g/mol. The van der Waals surface area contributed by atoms with Gasteiger partial charge in [-0.05, 0) is 12.5 Å². The number of nitrogens with zero attached hydrogens (tertiary/aromatic N) is 3. The molecule has 2 heterocycles. The molecule has 0 aromatic heterocycles. The lowest BCUT2D eigenvalue weighted by molar-refractivity contribution is 0.0195. The summed E-state index contributed by atoms with van der Waals surface area (Å²) in [6, 6.07) is 8.70. The van der Waals surface area contributed by atoms with Crippen molar-refractivity contribution in [3.63, 3.8) is 0 Å². The third-order valence-electron chi connectivity index (χ3n) is 5.00. The average molecular weight is 358 g/mol. The van der Waals surface area contributed by atoms with Crippen molar-refractivity contribution in [1.29, 1.82) is 0 Å². The minimum Gasteiger partial charge on any atom is -0.489 e. The van der Waals surface area contributed by atoms with E-state index in [0.29, 0.717) is 19.2 Å². The van der Waals surface area contributed by atoms with E-state index in [1.54, 1.807) is 6.08 Å². The minimum atomic E-state index is 0.513. The van der Waals surface area contributed by atoms with Gasteiger partial charge in [-0.3, -0.25) is 9.89 Å². The summed E-state index contributed by atoms with van der Waals surface area (Å²) in [6.45, 7) is 10.8. The van der Waals surface area contributed by atoms with Crippen LogP contribution in [0, 0.1) is 0 Å². The molecule has 0 aliphatic carbocycles. The van der Waals surface area contributed by atoms with Gasteiger partial charge >= 0.3 is 0 Å². The summed E-state index contributed by atoms with van der Waals surface area (Å²) in [7, 11) is 1.85. The van der Waals surface area contributed by atoms with Gasteiger partial charge in [0.1, 0.15) is 12.4 Å². The van der Waals surface area contributed by atoms with E-state index in [0.717, 1.165) is 56.7 Å². The van der Waals surface area contributed by atoms with Crippen molar-refractivity contribution in [2.45, 2.75) is 19.0 Å². The van der Waals surface area contributed by atoms with Crippen LogP contribution in [-0.2, 0) is 11.3 Å². The van der Waals surface area contributed by atoms with E-state index in [9.17, 15) is 0 Å². The highest BCUT2D eigenvalue weighted by Gasteiger charge is 2.30. The lowest BCUT2D eigenvalue weighted by Gasteiger charge is -2.32. The number of likely N-dealkylation sites (tertiary alicyclic amines) is 1. The van der Waals surface area contributed by atoms with Crippen molar-refractivity contribution in [2.75, 3.05) is 53.0 Å². The third-order valence-corrected chi connectivity index (χ3v) is 5.00. The maximum Gasteiger partial charge on any atom is 0.193 e. The molecule has 1 N–H and O–H groups in total. The Balaban J connectivity index is 1.55. The SMILES string of the molecule is C=CCOc1ccccc1CNC(=NC)N1CCC(N2CCOCC2)C1. The number of para-hydroxylation sites is 1. The summed E-state index contributed by atoms with van der Waals surface area (Å²) in [6.07, 6.45) is 2.94. The fourth-order valence-corrected chi connectivity index (χ4v) is 3.62. The van der Waals surface area contributed by atoms with E-state index in [1.165, 1.54) is 6.42 Å². The second kappa shape index (κ2) is 9.59. The first-order valence-electron chi connectivity index (χ1n) is 9.41. The lowest BCUT2D eigenvalue weighted by atomic mass is 10.2. The van der Waals surface area contributed by atoms with Crippen molar-refractivity contribution < 1.29 is 9.47 Å². The normalized spacial score (nSPS) is 21.7. The van der Waals surface area contributed by atoms with Crippen LogP contribution in [0.25, 0.3) is 0 Å². The molecule has 142 valence electrons. The van der Waals surface area contributed by atoms with E-state index in [-0.39, 0.29) is 0 Å². The van der Waals surface area contributed by atoms with Crippen LogP contribution in [0.3, 0.4) is 0 Å². The second-order valence-electron chi connectivity index (χ2n) is 6.65. The van der Waals surface area contributed by atoms with Crippen LogP contribution in [0.15, 0.2) is 41.9 Å². The van der Waals surface area contributed by atoms with Gasteiger partial charge in [-0.2, -0.15) is 0 Å². The summed E-state index contributed by atoms with van der Waals surface area (Å²) in [5.41, 5.74) is 1.12. The Kier molecular flexibility index (Phi) is 6.91. The van der Waals surface area contributed by atoms with Crippen LogP contribution >= 0.6 is 0 Å². The number of morpholine rings is 1. The zero-order valence-electron chi connectivity index (χ0n) is 15.7. The smallest absolute Gasteiger partial charge is 0.193 e. The number of hydrogen-bond donors (Lipinski definition) is 1. The van der Waals surface area contributed by atoms with E-state index in [1.807, 2.05) is 25.2 Å². The maximum atomic E-state index is 5.74. The Labute approximate surface area is 156 Å². The highest BCUT2D eigenvalue weighted by atomic mass is 16.5. The van der Waals surface area contributed by atoms with Crippen molar-refractivity contribution in [1.82, 2.24) is 15.1 Å². The van der Waals surface area contributed by atoms with Crippen molar-refractivity contribution in [2.24, 2.45) is 4.99 Å². The Morgan fingerprint density at radius 1 is 1.35 bits per heavy atom. The summed E-state index contributed by atoms with van der Waals surface area (Å²) >= 11 is 0. The van der Waals surface area contributed by atoms with Gasteiger partial charge in [-0.1, -0.05) is 30.9 Å². The topological polar surface area (TPSA) is 49.3 Å². The van der Waals surface area contributed by atoms with Gasteiger partial charge < -0.3 is 19.7 Å². The fourth-order valence-electron chi connectivity index (χ4n) is 3.62. The third kappa shape index (κ3) is 4.77. The molecule has 2 saturated heterocycles. The average Bonchev–Trinajstić information content (AvgIpc) is 3.18. The number of nitrogens with one attached hydrogen (secondary N) is 1. The van der Waals surface area contributed by atoms with Gasteiger partial charge in [0.15, 0.2) is 5.96 Å². The lowest BCUT2D eigenvalue weighted by Crippen LogP contribution is -2.46. The second-order valence-corrected chi connectivity index (χ2v) is 6.65. The number of hydrogen-bond acceptors (Lipinski definition) is 4. The molecule has 2 aliphatic heterocycles. The first kappa shape index (κ1) is 18.7. The van der Waals surface area contributed by atoms with E-state index in [2.05, 4.69) is 32.8 Å². The van der Waals surface area contributed by atoms with Crippen LogP contribution in [0.1, 0.15) is 12.0 Å². The molecule has 1 aromatic carbocycles. The standard InChI is InChI=1S/C20H30N4O2/c1-3-12-26-19-7-5-4-6-17(19)15-22-20(21-2)24-9-8-18(16-24)23-10-13-25-14-11-23/h3-7,18H,1,8-16H2,2H3,(H,21,22). The molecule has 0 saturated carbocycles. The molecule has 1 atom stereocenters. The van der Waals surface area contributed by atoms with Gasteiger partial charge in [0, 0.05) is 51.4 Å². The van der Waals surface area contributed by atoms with Gasteiger partial charge in [-0.25, -0.2) is 0 Å². The van der Waals surface area contributed by atoms with Crippen molar-refractivity contribution in [3.8, 4) is 5.75 Å². The van der Waals surface area contributed by atoms with Gasteiger partial charge in [0.05, 0.1) is 13.2 Å². The first-order chi connectivity index (χ1) is 12.8. The first-order valence-corrected chi connectivity index (χ1v) is 9.41. The molecule has 0 bridgehead atoms. The number of aliphatic imine (C=N–C) groups is 1. The largest absolute Gasteiger partial charge is 0.489 e. The summed E-state index contributed by atoms with van der Waals surface area (Å²) in [4.78, 5) is 9.39. The molecular formula is C20H30N4O2. The van der Waals surface area contributed by atoms with Crippen LogP contribution in [-0.4, -0.2) is 74.8 Å². The molecular weight excluding hydrogens is 328 g/mol. The molecule has 6 heteroatoms. The molecule has 0 amide bonds. The molecule has 2 aliphatic rings. The fraction of sp³-hybridized carbons (Fsp3) is 0.550. The predicted octanol–water partition coefficient (Wildman–Crippen LogP) is 1.73. The number of guanidine groups is 1. The Morgan fingerprint density at radius 2 is 2.15 bits per heavy atom. The predicted molar refractivity (Wildman–Crippen MR) is 105 cm³/mol. The zero-order valence-corrected chi connectivity index (χ0v) is 15.7. The molecule has 6 nitrogen and oxygen atoms in total. The Hall–Kier alpha value is -2.05. The van der Waals surface area contributed by atoms with Gasteiger partial charge in [0.2, 0.25) is 0 Å². The molecule has 0 spiro atoms. The molecule has 0 radical (unpaired) electrons. The summed E-state index contributed by atoms with van der Waals surface area (Å²) < 4.78 is 11.2. The summed E-state index contributed by atoms with van der Waals surface area (Å²) in [5, 5.41) is 3.49. The van der Waals surface area contributed by atoms with E-state index in [4.69, 9.17) is 9.47 Å². The molecule has 2 fully saturated rings. The highest BCUT2D eigenvalue weighted by Crippen LogP contribution is 2.19. The van der Waals surface area contributed by atoms with Crippen LogP contribution in [0.4, 0.5) is 0 Å². The summed E-state index contributed by atoms with van der Waals surface area (Å²) in [5.74, 6) is 1.85. The maximum absolute atomic E-state index is 5.74. The molecule has 26 heavy (non-hydrogen) atoms. The molecule has 1 unspecified atom stereocenters. The molecule has 3 rings (SSSR count). The van der Waals surface area contributed by atoms with Crippen LogP contribution < -0.4 is 10.1 Å². The van der Waals surface area contributed by atoms with E-state index >= 15 is 0 Å². The zero-order chi connectivity index (χ0) is 18.2. The van der Waals surface area contributed by atoms with Crippen molar-refractivity contribution >= 4 is 5.96 Å². The minimum absolute atomic E-state index is 0.513. The van der Waals surface area contributed by atoms with Gasteiger partial charge in [-0.15, -0.1) is 0 Å². The van der Waals surface area contributed by atoms with Gasteiger partial charge in [0.25, 0.3) is 0 Å². The highest BCUT2D eigenvalue weighted by molar-refractivity contribution is 5.80. The Bertz CT molecular complexity index is 614. The number of benzene rings is 1. The van der Waals surface area contributed by atoms with Crippen LogP contribution in [0.5, 0.6) is 5.75 Å². The Morgan fingerprint density at radius 3 is 2.92 bits per heavy atom. The number of rotatable bonds is 6. The van der Waals surface area contributed by atoms with Crippen LogP contribution in [0.2, 0.25) is 0 Å². The molecule has 1 aromatic rings. The number of ether oxygens (including phenoxy) is 2.